The summed E-state index contributed by atoms with van der Waals surface area (Å²) in [6, 6.07) is 0.900. The highest BCUT2D eigenvalue weighted by Crippen LogP contribution is 2.44. The first kappa shape index (κ1) is 28.6. The van der Waals surface area contributed by atoms with Gasteiger partial charge in [0.15, 0.2) is 0 Å². The molecule has 1 heterocycles. The van der Waals surface area contributed by atoms with Crippen LogP contribution in [0.1, 0.15) is 106 Å². The number of allylic oxidation sites excluding steroid dienone is 1. The maximum Gasteiger partial charge on any atom is 0.0920 e. The van der Waals surface area contributed by atoms with Crippen LogP contribution in [0.5, 0.6) is 0 Å². The lowest BCUT2D eigenvalue weighted by Gasteiger charge is -2.46. The fourth-order valence-corrected chi connectivity index (χ4v) is 6.02. The summed E-state index contributed by atoms with van der Waals surface area (Å²) in [5, 5.41) is 7.66. The first-order valence-electron chi connectivity index (χ1n) is 13.8. The molecule has 1 aliphatic heterocycles. The predicted octanol–water partition coefficient (Wildman–Crippen LogP) is 7.94. The molecule has 0 amide bonds. The maximum absolute atomic E-state index is 4.74. The van der Waals surface area contributed by atoms with E-state index in [0.29, 0.717) is 18.0 Å². The fraction of sp³-hybridized carbons (Fsp3) is 0.742. The van der Waals surface area contributed by atoms with Gasteiger partial charge in [0, 0.05) is 24.3 Å². The molecule has 3 unspecified atom stereocenters. The van der Waals surface area contributed by atoms with Crippen molar-refractivity contribution in [3.05, 3.63) is 49.0 Å². The Kier molecular flexibility index (Phi) is 9.98. The number of nitrogens with zero attached hydrogens (tertiary/aromatic N) is 1. The van der Waals surface area contributed by atoms with Crippen LogP contribution in [0.2, 0.25) is 0 Å². The van der Waals surface area contributed by atoms with E-state index >= 15 is 0 Å². The summed E-state index contributed by atoms with van der Waals surface area (Å²) in [4.78, 5) is 2.57. The molecule has 1 aliphatic carbocycles. The third kappa shape index (κ3) is 7.43. The zero-order valence-electron chi connectivity index (χ0n) is 23.7. The molecule has 34 heavy (non-hydrogen) atoms. The molecule has 0 aromatic rings. The van der Waals surface area contributed by atoms with Gasteiger partial charge in [-0.15, -0.1) is 6.58 Å². The normalized spacial score (nSPS) is 24.3. The quantitative estimate of drug-likeness (QED) is 0.284. The third-order valence-corrected chi connectivity index (χ3v) is 8.50. The first-order chi connectivity index (χ1) is 15.8. The Balaban J connectivity index is 2.27. The van der Waals surface area contributed by atoms with Gasteiger partial charge in [-0.2, -0.15) is 0 Å². The fourth-order valence-electron chi connectivity index (χ4n) is 6.02. The monoisotopic (exact) mass is 469 g/mol. The lowest BCUT2D eigenvalue weighted by molar-refractivity contribution is 0.141. The number of likely N-dealkylation sites (tertiary alicyclic amines) is 1. The highest BCUT2D eigenvalue weighted by atomic mass is 15.2. The molecule has 2 fully saturated rings. The van der Waals surface area contributed by atoms with Crippen molar-refractivity contribution in [3.63, 3.8) is 0 Å². The zero-order valence-corrected chi connectivity index (χ0v) is 23.7. The first-order valence-corrected chi connectivity index (χ1v) is 13.8. The molecule has 0 aromatic carbocycles. The summed E-state index contributed by atoms with van der Waals surface area (Å²) in [6.07, 6.45) is 10.9. The molecule has 2 rings (SSSR count). The second-order valence-corrected chi connectivity index (χ2v) is 12.8. The Bertz CT molecular complexity index is 734. The van der Waals surface area contributed by atoms with Crippen molar-refractivity contribution in [2.45, 2.75) is 124 Å². The molecule has 1 saturated heterocycles. The summed E-state index contributed by atoms with van der Waals surface area (Å²) in [5.74, 6) is 1.64. The van der Waals surface area contributed by atoms with Crippen LogP contribution >= 0.6 is 0 Å². The van der Waals surface area contributed by atoms with Crippen LogP contribution in [0.25, 0.3) is 0 Å². The van der Waals surface area contributed by atoms with E-state index in [0.717, 1.165) is 25.2 Å². The van der Waals surface area contributed by atoms with Crippen LogP contribution in [-0.2, 0) is 0 Å². The van der Waals surface area contributed by atoms with Gasteiger partial charge in [0.1, 0.15) is 0 Å². The van der Waals surface area contributed by atoms with Crippen LogP contribution < -0.4 is 10.6 Å². The van der Waals surface area contributed by atoms with E-state index in [1.165, 1.54) is 61.8 Å². The van der Waals surface area contributed by atoms with Crippen molar-refractivity contribution >= 4 is 0 Å². The van der Waals surface area contributed by atoms with Gasteiger partial charge >= 0.3 is 0 Å². The van der Waals surface area contributed by atoms with Crippen LogP contribution in [0.4, 0.5) is 0 Å². The molecule has 0 bridgehead atoms. The average molecular weight is 470 g/mol. The van der Waals surface area contributed by atoms with Crippen molar-refractivity contribution < 1.29 is 0 Å². The maximum atomic E-state index is 4.74. The Morgan fingerprint density at radius 2 is 1.65 bits per heavy atom. The molecule has 4 atom stereocenters. The highest BCUT2D eigenvalue weighted by molar-refractivity contribution is 5.21. The molecule has 2 N–H and O–H groups in total. The van der Waals surface area contributed by atoms with E-state index in [2.05, 4.69) is 83.7 Å². The van der Waals surface area contributed by atoms with E-state index in [-0.39, 0.29) is 16.9 Å². The average Bonchev–Trinajstić information content (AvgIpc) is 3.19. The molecular formula is C31H55N3. The second-order valence-electron chi connectivity index (χ2n) is 12.8. The molecule has 0 aromatic heterocycles. The SMILES string of the molecule is C=C(C)CCC(NC(=C)NC(C(=C)N1C[C@H](CC)CC1C(=C)C)C1(C)CCCCC1)C(C)(C)C. The second kappa shape index (κ2) is 11.9. The minimum absolute atomic E-state index is 0.135. The van der Waals surface area contributed by atoms with Crippen molar-refractivity contribution in [2.75, 3.05) is 6.54 Å². The van der Waals surface area contributed by atoms with Gasteiger partial charge in [-0.1, -0.05) is 91.2 Å². The number of rotatable bonds is 12. The van der Waals surface area contributed by atoms with E-state index in [1.54, 1.807) is 0 Å². The lowest BCUT2D eigenvalue weighted by Crippen LogP contribution is -2.53. The Hall–Kier alpha value is -1.64. The Labute approximate surface area is 212 Å². The molecule has 194 valence electrons. The number of nitrogens with one attached hydrogen (secondary N) is 2. The molecule has 3 nitrogen and oxygen atoms in total. The van der Waals surface area contributed by atoms with Gasteiger partial charge < -0.3 is 15.5 Å². The van der Waals surface area contributed by atoms with E-state index < -0.39 is 0 Å². The van der Waals surface area contributed by atoms with Crippen LogP contribution in [0.3, 0.4) is 0 Å². The van der Waals surface area contributed by atoms with Gasteiger partial charge in [0.05, 0.1) is 11.9 Å². The molecule has 0 radical (unpaired) electrons. The van der Waals surface area contributed by atoms with Gasteiger partial charge in [-0.3, -0.25) is 0 Å². The van der Waals surface area contributed by atoms with Crippen LogP contribution in [0.15, 0.2) is 49.0 Å². The summed E-state index contributed by atoms with van der Waals surface area (Å²) in [6.45, 7) is 34.8. The Morgan fingerprint density at radius 1 is 1.03 bits per heavy atom. The minimum atomic E-state index is 0.135. The molecule has 2 aliphatic rings. The minimum Gasteiger partial charge on any atom is -0.369 e. The third-order valence-electron chi connectivity index (χ3n) is 8.50. The van der Waals surface area contributed by atoms with Crippen molar-refractivity contribution in [3.8, 4) is 0 Å². The van der Waals surface area contributed by atoms with Crippen molar-refractivity contribution in [1.29, 1.82) is 0 Å². The van der Waals surface area contributed by atoms with Crippen LogP contribution in [-0.4, -0.2) is 29.6 Å². The van der Waals surface area contributed by atoms with Gasteiger partial charge in [0.25, 0.3) is 0 Å². The lowest BCUT2D eigenvalue weighted by atomic mass is 9.69. The standard InChI is InChI=1S/C31H55N3/c1-12-26-20-27(23(4)5)34(21-26)24(6)29(31(11)18-14-13-15-19-31)33-25(7)32-28(30(8,9)10)17-16-22(2)3/h26-29,32-33H,2,4,6-7,12-21H2,1,3,5,8-11H3/t26-,27?,28?,29?/m1/s1. The molecule has 1 saturated carbocycles. The summed E-state index contributed by atoms with van der Waals surface area (Å²) < 4.78 is 0. The number of hydrogen-bond acceptors (Lipinski definition) is 3. The predicted molar refractivity (Wildman–Crippen MR) is 151 cm³/mol. The summed E-state index contributed by atoms with van der Waals surface area (Å²) in [5.41, 5.74) is 4.04. The molecular weight excluding hydrogens is 414 g/mol. The Morgan fingerprint density at radius 3 is 2.15 bits per heavy atom. The van der Waals surface area contributed by atoms with Crippen molar-refractivity contribution in [1.82, 2.24) is 15.5 Å². The van der Waals surface area contributed by atoms with Gasteiger partial charge in [0.2, 0.25) is 0 Å². The number of hydrogen-bond donors (Lipinski definition) is 2. The van der Waals surface area contributed by atoms with Crippen molar-refractivity contribution in [2.24, 2.45) is 16.7 Å². The molecule has 3 heteroatoms. The van der Waals surface area contributed by atoms with E-state index in [1.807, 2.05) is 0 Å². The van der Waals surface area contributed by atoms with Crippen LogP contribution in [0, 0.1) is 16.7 Å². The summed E-state index contributed by atoms with van der Waals surface area (Å²) >= 11 is 0. The molecule has 0 spiro atoms. The van der Waals surface area contributed by atoms with Gasteiger partial charge in [-0.25, -0.2) is 0 Å². The highest BCUT2D eigenvalue weighted by Gasteiger charge is 2.42. The zero-order chi connectivity index (χ0) is 25.7. The smallest absolute Gasteiger partial charge is 0.0920 e. The largest absolute Gasteiger partial charge is 0.369 e. The van der Waals surface area contributed by atoms with E-state index in [4.69, 9.17) is 6.58 Å². The van der Waals surface area contributed by atoms with Gasteiger partial charge in [-0.05, 0) is 62.7 Å². The topological polar surface area (TPSA) is 27.3 Å². The summed E-state index contributed by atoms with van der Waals surface area (Å²) in [7, 11) is 0. The van der Waals surface area contributed by atoms with E-state index in [9.17, 15) is 0 Å².